The third-order valence-electron chi connectivity index (χ3n) is 3.16. The Morgan fingerprint density at radius 1 is 1.14 bits per heavy atom. The number of para-hydroxylation sites is 1. The highest BCUT2D eigenvalue weighted by atomic mass is 35.5. The minimum atomic E-state index is -0.228. The van der Waals surface area contributed by atoms with Crippen molar-refractivity contribution in [3.05, 3.63) is 63.1 Å². The van der Waals surface area contributed by atoms with Crippen LogP contribution in [-0.4, -0.2) is 17.4 Å². The topological polar surface area (TPSA) is 42.0 Å². The lowest BCUT2D eigenvalue weighted by atomic mass is 10.2. The number of amides is 1. The molecule has 0 aliphatic carbocycles. The lowest BCUT2D eigenvalue weighted by Crippen LogP contribution is -2.25. The monoisotopic (exact) mass is 350 g/mol. The molecule has 1 N–H and O–H groups in total. The lowest BCUT2D eigenvalue weighted by Gasteiger charge is -2.06. The van der Waals surface area contributed by atoms with Crippen molar-refractivity contribution in [1.82, 2.24) is 10.3 Å². The molecular weight excluding hydrogens is 339 g/mol. The molecule has 0 spiro atoms. The summed E-state index contributed by atoms with van der Waals surface area (Å²) >= 11 is 13.6. The number of benzene rings is 2. The van der Waals surface area contributed by atoms with Gasteiger partial charge in [-0.3, -0.25) is 4.79 Å². The van der Waals surface area contributed by atoms with Gasteiger partial charge in [-0.2, -0.15) is 0 Å². The molecule has 0 fully saturated rings. The van der Waals surface area contributed by atoms with E-state index < -0.39 is 0 Å². The van der Waals surface area contributed by atoms with Gasteiger partial charge < -0.3 is 5.32 Å². The smallest absolute Gasteiger partial charge is 0.252 e. The fourth-order valence-electron chi connectivity index (χ4n) is 2.08. The zero-order valence-electron chi connectivity index (χ0n) is 11.5. The van der Waals surface area contributed by atoms with E-state index in [0.29, 0.717) is 23.6 Å². The molecule has 3 nitrogen and oxygen atoms in total. The van der Waals surface area contributed by atoms with E-state index >= 15 is 0 Å². The van der Waals surface area contributed by atoms with Gasteiger partial charge in [-0.05, 0) is 24.3 Å². The molecule has 0 radical (unpaired) electrons. The Hall–Kier alpha value is -1.62. The molecule has 22 heavy (non-hydrogen) atoms. The first kappa shape index (κ1) is 15.3. The molecule has 0 aliphatic rings. The molecule has 0 unspecified atom stereocenters. The Morgan fingerprint density at radius 2 is 1.95 bits per heavy atom. The van der Waals surface area contributed by atoms with E-state index in [-0.39, 0.29) is 10.9 Å². The van der Waals surface area contributed by atoms with Gasteiger partial charge in [0.2, 0.25) is 0 Å². The Kier molecular flexibility index (Phi) is 4.62. The Bertz CT molecular complexity index is 799. The molecule has 1 heterocycles. The highest BCUT2D eigenvalue weighted by molar-refractivity contribution is 7.18. The summed E-state index contributed by atoms with van der Waals surface area (Å²) in [6, 6.07) is 13.0. The van der Waals surface area contributed by atoms with Crippen LogP contribution in [0.4, 0.5) is 0 Å². The number of carbonyl (C=O) groups excluding carboxylic acids is 1. The van der Waals surface area contributed by atoms with Crippen LogP contribution >= 0.6 is 34.5 Å². The summed E-state index contributed by atoms with van der Waals surface area (Å²) < 4.78 is 1.15. The fraction of sp³-hybridized carbons (Fsp3) is 0.125. The first-order chi connectivity index (χ1) is 10.6. The third kappa shape index (κ3) is 3.24. The van der Waals surface area contributed by atoms with Crippen LogP contribution in [0.5, 0.6) is 0 Å². The Labute approximate surface area is 141 Å². The first-order valence-electron chi connectivity index (χ1n) is 6.72. The van der Waals surface area contributed by atoms with Crippen LogP contribution in [0.15, 0.2) is 42.5 Å². The SMILES string of the molecule is O=C(NCCc1nc2ccccc2s1)c1cccc(Cl)c1Cl. The fourth-order valence-corrected chi connectivity index (χ4v) is 3.44. The van der Waals surface area contributed by atoms with Crippen LogP contribution < -0.4 is 5.32 Å². The zero-order valence-corrected chi connectivity index (χ0v) is 13.8. The summed E-state index contributed by atoms with van der Waals surface area (Å²) in [6.45, 7) is 0.501. The standard InChI is InChI=1S/C16H12Cl2N2OS/c17-11-5-3-4-10(15(11)18)16(21)19-9-8-14-20-12-6-1-2-7-13(12)22-14/h1-7H,8-9H2,(H,19,21). The summed E-state index contributed by atoms with van der Waals surface area (Å²) in [6.07, 6.45) is 0.684. The molecule has 0 saturated carbocycles. The van der Waals surface area contributed by atoms with E-state index in [4.69, 9.17) is 23.2 Å². The number of rotatable bonds is 4. The first-order valence-corrected chi connectivity index (χ1v) is 8.29. The van der Waals surface area contributed by atoms with Crippen molar-refractivity contribution in [3.8, 4) is 0 Å². The van der Waals surface area contributed by atoms with Gasteiger partial charge >= 0.3 is 0 Å². The van der Waals surface area contributed by atoms with Gasteiger partial charge in [-0.1, -0.05) is 41.4 Å². The second-order valence-electron chi connectivity index (χ2n) is 4.68. The predicted molar refractivity (Wildman–Crippen MR) is 92.1 cm³/mol. The van der Waals surface area contributed by atoms with Gasteiger partial charge in [0.1, 0.15) is 0 Å². The second kappa shape index (κ2) is 6.65. The van der Waals surface area contributed by atoms with Crippen molar-refractivity contribution < 1.29 is 4.79 Å². The zero-order chi connectivity index (χ0) is 15.5. The summed E-state index contributed by atoms with van der Waals surface area (Å²) in [5.41, 5.74) is 1.38. The molecule has 0 aliphatic heterocycles. The minimum absolute atomic E-state index is 0.228. The molecule has 0 saturated heterocycles. The molecule has 1 amide bonds. The van der Waals surface area contributed by atoms with Gasteiger partial charge in [0.15, 0.2) is 0 Å². The third-order valence-corrected chi connectivity index (χ3v) is 5.07. The van der Waals surface area contributed by atoms with Crippen LogP contribution in [-0.2, 0) is 6.42 Å². The Balaban J connectivity index is 1.63. The van der Waals surface area contributed by atoms with E-state index in [2.05, 4.69) is 10.3 Å². The maximum atomic E-state index is 12.1. The Morgan fingerprint density at radius 3 is 2.77 bits per heavy atom. The van der Waals surface area contributed by atoms with E-state index in [9.17, 15) is 4.79 Å². The van der Waals surface area contributed by atoms with Gasteiger partial charge in [-0.15, -0.1) is 11.3 Å². The molecule has 112 valence electrons. The predicted octanol–water partition coefficient (Wildman–Crippen LogP) is 4.58. The maximum Gasteiger partial charge on any atom is 0.252 e. The highest BCUT2D eigenvalue weighted by Crippen LogP contribution is 2.25. The second-order valence-corrected chi connectivity index (χ2v) is 6.58. The van der Waals surface area contributed by atoms with Gasteiger partial charge in [-0.25, -0.2) is 4.98 Å². The van der Waals surface area contributed by atoms with Crippen LogP contribution in [0.1, 0.15) is 15.4 Å². The number of aromatic nitrogens is 1. The lowest BCUT2D eigenvalue weighted by molar-refractivity contribution is 0.0954. The molecule has 0 atom stereocenters. The summed E-state index contributed by atoms with van der Waals surface area (Å²) in [5, 5.41) is 4.50. The molecular formula is C16H12Cl2N2OS. The number of hydrogen-bond donors (Lipinski definition) is 1. The van der Waals surface area contributed by atoms with Crippen molar-refractivity contribution in [2.75, 3.05) is 6.54 Å². The summed E-state index contributed by atoms with van der Waals surface area (Å²) in [5.74, 6) is -0.228. The number of carbonyl (C=O) groups is 1. The quantitative estimate of drug-likeness (QED) is 0.748. The van der Waals surface area contributed by atoms with Crippen LogP contribution in [0.2, 0.25) is 10.0 Å². The number of halogens is 2. The van der Waals surface area contributed by atoms with Crippen molar-refractivity contribution >= 4 is 50.7 Å². The van der Waals surface area contributed by atoms with E-state index in [1.165, 1.54) is 0 Å². The van der Waals surface area contributed by atoms with Crippen molar-refractivity contribution in [1.29, 1.82) is 0 Å². The maximum absolute atomic E-state index is 12.1. The number of fused-ring (bicyclic) bond motifs is 1. The normalized spacial score (nSPS) is 10.8. The van der Waals surface area contributed by atoms with Crippen molar-refractivity contribution in [2.45, 2.75) is 6.42 Å². The van der Waals surface area contributed by atoms with E-state index in [1.807, 2.05) is 24.3 Å². The molecule has 3 aromatic rings. The number of nitrogens with one attached hydrogen (secondary N) is 1. The van der Waals surface area contributed by atoms with Crippen LogP contribution in [0, 0.1) is 0 Å². The average molecular weight is 351 g/mol. The number of thiazole rings is 1. The molecule has 2 aromatic carbocycles. The average Bonchev–Trinajstić information content (AvgIpc) is 2.92. The molecule has 3 rings (SSSR count). The highest BCUT2D eigenvalue weighted by Gasteiger charge is 2.12. The summed E-state index contributed by atoms with van der Waals surface area (Å²) in [7, 11) is 0. The van der Waals surface area contributed by atoms with Crippen LogP contribution in [0.25, 0.3) is 10.2 Å². The van der Waals surface area contributed by atoms with Crippen molar-refractivity contribution in [2.24, 2.45) is 0 Å². The number of nitrogens with zero attached hydrogens (tertiary/aromatic N) is 1. The van der Waals surface area contributed by atoms with Gasteiger partial charge in [0, 0.05) is 13.0 Å². The van der Waals surface area contributed by atoms with Gasteiger partial charge in [0.05, 0.1) is 30.8 Å². The largest absolute Gasteiger partial charge is 0.352 e. The van der Waals surface area contributed by atoms with Gasteiger partial charge in [0.25, 0.3) is 5.91 Å². The number of hydrogen-bond acceptors (Lipinski definition) is 3. The van der Waals surface area contributed by atoms with Crippen LogP contribution in [0.3, 0.4) is 0 Å². The molecule has 0 bridgehead atoms. The summed E-state index contributed by atoms with van der Waals surface area (Å²) in [4.78, 5) is 16.6. The van der Waals surface area contributed by atoms with E-state index in [1.54, 1.807) is 29.5 Å². The molecule has 1 aromatic heterocycles. The van der Waals surface area contributed by atoms with E-state index in [0.717, 1.165) is 15.2 Å². The minimum Gasteiger partial charge on any atom is -0.352 e. The van der Waals surface area contributed by atoms with Crippen molar-refractivity contribution in [3.63, 3.8) is 0 Å². The molecule has 6 heteroatoms.